The summed E-state index contributed by atoms with van der Waals surface area (Å²) < 4.78 is 8.84. The molecule has 1 aliphatic heterocycles. The summed E-state index contributed by atoms with van der Waals surface area (Å²) in [6, 6.07) is 21.2. The summed E-state index contributed by atoms with van der Waals surface area (Å²) in [5, 5.41) is 5.88. The van der Waals surface area contributed by atoms with E-state index >= 15 is 0 Å². The van der Waals surface area contributed by atoms with Gasteiger partial charge in [0.1, 0.15) is 12.4 Å². The Kier molecular flexibility index (Phi) is 6.74. The van der Waals surface area contributed by atoms with Gasteiger partial charge in [0.15, 0.2) is 0 Å². The number of hydrogen-bond acceptors (Lipinski definition) is 3. The minimum atomic E-state index is -0.168. The van der Waals surface area contributed by atoms with Crippen LogP contribution in [0.5, 0.6) is 5.75 Å². The number of halogens is 3. The summed E-state index contributed by atoms with van der Waals surface area (Å²) in [4.78, 5) is 13.1. The molecule has 4 nitrogen and oxygen atoms in total. The van der Waals surface area contributed by atoms with Crippen LogP contribution in [0.3, 0.4) is 0 Å². The van der Waals surface area contributed by atoms with Gasteiger partial charge in [-0.1, -0.05) is 62.2 Å². The molecule has 1 heterocycles. The van der Waals surface area contributed by atoms with Crippen LogP contribution >= 0.6 is 47.8 Å². The number of carbonyl (C=O) groups is 1. The summed E-state index contributed by atoms with van der Waals surface area (Å²) in [5.41, 5.74) is 3.75. The van der Waals surface area contributed by atoms with Gasteiger partial charge in [0.2, 0.25) is 0 Å². The van der Waals surface area contributed by atoms with Gasteiger partial charge < -0.3 is 4.74 Å². The largest absolute Gasteiger partial charge is 0.487 e. The lowest BCUT2D eigenvalue weighted by Gasteiger charge is -2.14. The van der Waals surface area contributed by atoms with Crippen LogP contribution in [0, 0.1) is 0 Å². The highest BCUT2D eigenvalue weighted by Gasteiger charge is 2.29. The normalized spacial score (nSPS) is 14.8. The monoisotopic (exact) mass is 602 g/mol. The van der Waals surface area contributed by atoms with E-state index in [4.69, 9.17) is 4.74 Å². The van der Waals surface area contributed by atoms with Crippen LogP contribution in [0.1, 0.15) is 18.1 Å². The van der Waals surface area contributed by atoms with Gasteiger partial charge >= 0.3 is 0 Å². The maximum atomic E-state index is 13.1. The topological polar surface area (TPSA) is 41.9 Å². The molecule has 0 aromatic heterocycles. The molecule has 3 aromatic carbocycles. The number of hydrazone groups is 1. The molecule has 156 valence electrons. The number of amides is 1. The third-order valence-corrected chi connectivity index (χ3v) is 6.27. The van der Waals surface area contributed by atoms with Crippen molar-refractivity contribution < 1.29 is 9.53 Å². The molecule has 0 spiro atoms. The quantitative estimate of drug-likeness (QED) is 0.286. The molecule has 0 fully saturated rings. The van der Waals surface area contributed by atoms with E-state index in [1.165, 1.54) is 5.01 Å². The third kappa shape index (κ3) is 5.00. The fourth-order valence-electron chi connectivity index (χ4n) is 3.16. The van der Waals surface area contributed by atoms with Crippen LogP contribution in [-0.2, 0) is 11.4 Å². The van der Waals surface area contributed by atoms with Gasteiger partial charge in [-0.3, -0.25) is 4.79 Å². The Morgan fingerprint density at radius 3 is 2.39 bits per heavy atom. The Balaban J connectivity index is 1.66. The average molecular weight is 605 g/mol. The van der Waals surface area contributed by atoms with E-state index in [2.05, 4.69) is 52.9 Å². The molecule has 0 aliphatic carbocycles. The highest BCUT2D eigenvalue weighted by Crippen LogP contribution is 2.36. The molecule has 4 rings (SSSR count). The number of nitrogens with zero attached hydrogens (tertiary/aromatic N) is 2. The molecule has 0 radical (unpaired) electrons. The first-order chi connectivity index (χ1) is 14.9. The highest BCUT2D eigenvalue weighted by atomic mass is 79.9. The van der Waals surface area contributed by atoms with Crippen LogP contribution in [-0.4, -0.2) is 11.6 Å². The van der Waals surface area contributed by atoms with Gasteiger partial charge in [0, 0.05) is 14.5 Å². The first-order valence-corrected chi connectivity index (χ1v) is 11.8. The maximum absolute atomic E-state index is 13.1. The van der Waals surface area contributed by atoms with Crippen molar-refractivity contribution in [2.75, 3.05) is 5.01 Å². The number of rotatable bonds is 5. The Bertz CT molecular complexity index is 1190. The fourth-order valence-corrected chi connectivity index (χ4v) is 4.80. The molecule has 0 unspecified atom stereocenters. The molecule has 31 heavy (non-hydrogen) atoms. The predicted octanol–water partition coefficient (Wildman–Crippen LogP) is 7.36. The lowest BCUT2D eigenvalue weighted by molar-refractivity contribution is -0.114. The van der Waals surface area contributed by atoms with E-state index in [0.29, 0.717) is 23.6 Å². The second-order valence-corrected chi connectivity index (χ2v) is 9.60. The van der Waals surface area contributed by atoms with Gasteiger partial charge in [0.05, 0.1) is 21.4 Å². The lowest BCUT2D eigenvalue weighted by Crippen LogP contribution is -2.21. The molecular formula is C24H17Br3N2O2. The van der Waals surface area contributed by atoms with E-state index in [1.807, 2.05) is 79.7 Å². The van der Waals surface area contributed by atoms with Gasteiger partial charge in [-0.05, 0) is 70.9 Å². The maximum Gasteiger partial charge on any atom is 0.280 e. The van der Waals surface area contributed by atoms with Crippen molar-refractivity contribution in [2.24, 2.45) is 5.10 Å². The minimum absolute atomic E-state index is 0.168. The van der Waals surface area contributed by atoms with Crippen molar-refractivity contribution in [2.45, 2.75) is 13.5 Å². The number of para-hydroxylation sites is 1. The first-order valence-electron chi connectivity index (χ1n) is 9.45. The second-order valence-electron chi connectivity index (χ2n) is 6.92. The van der Waals surface area contributed by atoms with Gasteiger partial charge in [0.25, 0.3) is 5.91 Å². The number of anilines is 1. The summed E-state index contributed by atoms with van der Waals surface area (Å²) in [7, 11) is 0. The van der Waals surface area contributed by atoms with Gasteiger partial charge in [-0.2, -0.15) is 10.1 Å². The standard InChI is InChI=1S/C24H17Br3N2O2/c1-15-21(24(30)29(28-15)20-5-3-2-4-6-20)12-17-11-19(26)13-22(27)23(17)31-14-16-7-9-18(25)10-8-16/h2-13H,14H2,1H3/b21-12+. The molecular weight excluding hydrogens is 588 g/mol. The number of carbonyl (C=O) groups excluding carboxylic acids is 1. The molecule has 1 aliphatic rings. The average Bonchev–Trinajstić information content (AvgIpc) is 3.03. The molecule has 0 atom stereocenters. The van der Waals surface area contributed by atoms with E-state index in [1.54, 1.807) is 0 Å². The van der Waals surface area contributed by atoms with E-state index < -0.39 is 0 Å². The molecule has 0 N–H and O–H groups in total. The smallest absolute Gasteiger partial charge is 0.280 e. The highest BCUT2D eigenvalue weighted by molar-refractivity contribution is 9.11. The summed E-state index contributed by atoms with van der Waals surface area (Å²) in [6.45, 7) is 2.24. The van der Waals surface area contributed by atoms with Crippen LogP contribution in [0.2, 0.25) is 0 Å². The first kappa shape index (κ1) is 22.0. The zero-order chi connectivity index (χ0) is 22.0. The fraction of sp³-hybridized carbons (Fsp3) is 0.0833. The Labute approximate surface area is 206 Å². The van der Waals surface area contributed by atoms with Crippen molar-refractivity contribution in [3.63, 3.8) is 0 Å². The van der Waals surface area contributed by atoms with Crippen LogP contribution in [0.15, 0.2) is 90.8 Å². The number of hydrogen-bond donors (Lipinski definition) is 0. The Morgan fingerprint density at radius 2 is 1.68 bits per heavy atom. The summed E-state index contributed by atoms with van der Waals surface area (Å²) in [5.74, 6) is 0.496. The second kappa shape index (κ2) is 9.51. The molecule has 0 bridgehead atoms. The van der Waals surface area contributed by atoms with E-state index in [-0.39, 0.29) is 5.91 Å². The predicted molar refractivity (Wildman–Crippen MR) is 135 cm³/mol. The Hall–Kier alpha value is -2.22. The molecule has 0 saturated heterocycles. The number of benzene rings is 3. The minimum Gasteiger partial charge on any atom is -0.487 e. The van der Waals surface area contributed by atoms with Crippen LogP contribution in [0.4, 0.5) is 5.69 Å². The van der Waals surface area contributed by atoms with E-state index in [9.17, 15) is 4.79 Å². The van der Waals surface area contributed by atoms with Crippen molar-refractivity contribution >= 4 is 71.2 Å². The summed E-state index contributed by atoms with van der Waals surface area (Å²) >= 11 is 10.6. The van der Waals surface area contributed by atoms with Crippen molar-refractivity contribution in [3.05, 3.63) is 96.8 Å². The van der Waals surface area contributed by atoms with Crippen molar-refractivity contribution in [1.82, 2.24) is 0 Å². The molecule has 7 heteroatoms. The molecule has 3 aromatic rings. The van der Waals surface area contributed by atoms with Gasteiger partial charge in [-0.25, -0.2) is 0 Å². The van der Waals surface area contributed by atoms with Crippen LogP contribution in [0.25, 0.3) is 6.08 Å². The van der Waals surface area contributed by atoms with E-state index in [0.717, 1.165) is 30.2 Å². The number of ether oxygens (including phenoxy) is 1. The lowest BCUT2D eigenvalue weighted by atomic mass is 10.1. The van der Waals surface area contributed by atoms with Crippen LogP contribution < -0.4 is 9.75 Å². The van der Waals surface area contributed by atoms with Gasteiger partial charge in [-0.15, -0.1) is 0 Å². The zero-order valence-corrected chi connectivity index (χ0v) is 21.2. The summed E-state index contributed by atoms with van der Waals surface area (Å²) in [6.07, 6.45) is 1.83. The van der Waals surface area contributed by atoms with Crippen molar-refractivity contribution in [3.8, 4) is 5.75 Å². The third-order valence-electron chi connectivity index (χ3n) is 4.70. The molecule has 0 saturated carbocycles. The molecule has 1 amide bonds. The SMILES string of the molecule is CC1=NN(c2ccccc2)C(=O)/C1=C/c1cc(Br)cc(Br)c1OCc1ccc(Br)cc1. The van der Waals surface area contributed by atoms with Crippen molar-refractivity contribution in [1.29, 1.82) is 0 Å². The Morgan fingerprint density at radius 1 is 0.968 bits per heavy atom. The zero-order valence-electron chi connectivity index (χ0n) is 16.5.